The summed E-state index contributed by atoms with van der Waals surface area (Å²) < 4.78 is 36.8. The number of carbonyl (C=O) groups is 1. The SMILES string of the molecule is CSNC(=O)c1cc(C2CC2)c(O[C@@H]2CCCN(Cc3ccc(F)cc3Cl)C2)cc1F. The van der Waals surface area contributed by atoms with E-state index in [1.165, 1.54) is 18.2 Å². The van der Waals surface area contributed by atoms with E-state index in [0.29, 0.717) is 29.8 Å². The van der Waals surface area contributed by atoms with Gasteiger partial charge in [0.2, 0.25) is 0 Å². The van der Waals surface area contributed by atoms with Crippen molar-refractivity contribution in [1.29, 1.82) is 0 Å². The van der Waals surface area contributed by atoms with Gasteiger partial charge in [-0.3, -0.25) is 14.4 Å². The van der Waals surface area contributed by atoms with Gasteiger partial charge in [-0.2, -0.15) is 0 Å². The molecule has 8 heteroatoms. The van der Waals surface area contributed by atoms with Crippen LogP contribution in [-0.2, 0) is 6.54 Å². The van der Waals surface area contributed by atoms with Gasteiger partial charge in [-0.05, 0) is 67.5 Å². The lowest BCUT2D eigenvalue weighted by atomic mass is 10.0. The smallest absolute Gasteiger partial charge is 0.264 e. The van der Waals surface area contributed by atoms with Crippen LogP contribution in [-0.4, -0.2) is 36.3 Å². The molecule has 31 heavy (non-hydrogen) atoms. The maximum absolute atomic E-state index is 14.7. The second-order valence-corrected chi connectivity index (χ2v) is 9.15. The summed E-state index contributed by atoms with van der Waals surface area (Å²) in [4.78, 5) is 14.4. The molecule has 2 aromatic rings. The summed E-state index contributed by atoms with van der Waals surface area (Å²) in [6, 6.07) is 7.46. The summed E-state index contributed by atoms with van der Waals surface area (Å²) in [7, 11) is 0. The molecular weight excluding hydrogens is 442 g/mol. The van der Waals surface area contributed by atoms with Crippen molar-refractivity contribution in [3.05, 3.63) is 63.7 Å². The summed E-state index contributed by atoms with van der Waals surface area (Å²) in [6.45, 7) is 2.18. The lowest BCUT2D eigenvalue weighted by molar-refractivity contribution is 0.0832. The van der Waals surface area contributed by atoms with Crippen molar-refractivity contribution in [3.8, 4) is 5.75 Å². The van der Waals surface area contributed by atoms with Crippen molar-refractivity contribution >= 4 is 29.5 Å². The number of ether oxygens (including phenoxy) is 1. The van der Waals surface area contributed by atoms with Gasteiger partial charge < -0.3 is 4.74 Å². The van der Waals surface area contributed by atoms with Gasteiger partial charge in [0.15, 0.2) is 0 Å². The minimum atomic E-state index is -0.572. The first kappa shape index (κ1) is 22.4. The number of piperidine rings is 1. The molecule has 1 amide bonds. The largest absolute Gasteiger partial charge is 0.489 e. The molecule has 0 radical (unpaired) electrons. The minimum Gasteiger partial charge on any atom is -0.489 e. The number of nitrogens with zero attached hydrogens (tertiary/aromatic N) is 1. The minimum absolute atomic E-state index is 0.0554. The van der Waals surface area contributed by atoms with Gasteiger partial charge >= 0.3 is 0 Å². The fourth-order valence-electron chi connectivity index (χ4n) is 4.03. The van der Waals surface area contributed by atoms with Crippen LogP contribution in [0, 0.1) is 11.6 Å². The quantitative estimate of drug-likeness (QED) is 0.543. The predicted molar refractivity (Wildman–Crippen MR) is 120 cm³/mol. The highest BCUT2D eigenvalue weighted by Crippen LogP contribution is 2.45. The van der Waals surface area contributed by atoms with Crippen molar-refractivity contribution < 1.29 is 18.3 Å². The molecule has 1 aliphatic heterocycles. The summed E-state index contributed by atoms with van der Waals surface area (Å²) in [5.74, 6) is -0.505. The molecule has 0 bridgehead atoms. The van der Waals surface area contributed by atoms with E-state index in [1.54, 1.807) is 18.4 Å². The van der Waals surface area contributed by atoms with Crippen LogP contribution in [0.3, 0.4) is 0 Å². The van der Waals surface area contributed by atoms with Crippen LogP contribution in [0.25, 0.3) is 0 Å². The molecule has 1 saturated heterocycles. The van der Waals surface area contributed by atoms with E-state index in [0.717, 1.165) is 55.3 Å². The first-order valence-electron chi connectivity index (χ1n) is 10.4. The van der Waals surface area contributed by atoms with E-state index < -0.39 is 11.7 Å². The predicted octanol–water partition coefficient (Wildman–Crippen LogP) is 5.55. The number of nitrogens with one attached hydrogen (secondary N) is 1. The van der Waals surface area contributed by atoms with E-state index in [2.05, 4.69) is 9.62 Å². The highest BCUT2D eigenvalue weighted by molar-refractivity contribution is 7.97. The van der Waals surface area contributed by atoms with E-state index in [4.69, 9.17) is 16.3 Å². The Hall–Kier alpha value is -1.83. The maximum atomic E-state index is 14.7. The molecule has 1 N–H and O–H groups in total. The van der Waals surface area contributed by atoms with Crippen LogP contribution in [0.5, 0.6) is 5.75 Å². The Morgan fingerprint density at radius 1 is 1.26 bits per heavy atom. The number of halogens is 3. The number of carbonyl (C=O) groups excluding carboxylic acids is 1. The molecule has 4 nitrogen and oxygen atoms in total. The van der Waals surface area contributed by atoms with Crippen LogP contribution in [0.4, 0.5) is 8.78 Å². The topological polar surface area (TPSA) is 41.6 Å². The monoisotopic (exact) mass is 466 g/mol. The molecule has 1 aliphatic carbocycles. The average Bonchev–Trinajstić information content (AvgIpc) is 3.56. The summed E-state index contributed by atoms with van der Waals surface area (Å²) in [6.07, 6.45) is 5.49. The van der Waals surface area contributed by atoms with Gasteiger partial charge in [0.1, 0.15) is 23.5 Å². The molecule has 2 fully saturated rings. The Balaban J connectivity index is 1.48. The number of amides is 1. The number of hydrogen-bond donors (Lipinski definition) is 1. The summed E-state index contributed by atoms with van der Waals surface area (Å²) in [5.41, 5.74) is 1.84. The first-order valence-corrected chi connectivity index (χ1v) is 12.0. The number of benzene rings is 2. The van der Waals surface area contributed by atoms with E-state index in [9.17, 15) is 13.6 Å². The van der Waals surface area contributed by atoms with Crippen LogP contribution in [0.15, 0.2) is 30.3 Å². The van der Waals surface area contributed by atoms with Gasteiger partial charge in [-0.1, -0.05) is 29.6 Å². The third-order valence-corrected chi connectivity index (χ3v) is 6.46. The van der Waals surface area contributed by atoms with Gasteiger partial charge in [-0.15, -0.1) is 0 Å². The second-order valence-electron chi connectivity index (χ2n) is 8.13. The van der Waals surface area contributed by atoms with Crippen LogP contribution in [0.1, 0.15) is 53.1 Å². The third-order valence-electron chi connectivity index (χ3n) is 5.72. The second kappa shape index (κ2) is 9.76. The Kier molecular flexibility index (Phi) is 7.04. The van der Waals surface area contributed by atoms with E-state index in [-0.39, 0.29) is 17.5 Å². The highest BCUT2D eigenvalue weighted by atomic mass is 35.5. The van der Waals surface area contributed by atoms with Crippen LogP contribution >= 0.6 is 23.5 Å². The molecule has 2 aromatic carbocycles. The average molecular weight is 467 g/mol. The van der Waals surface area contributed by atoms with E-state index in [1.807, 2.05) is 0 Å². The summed E-state index contributed by atoms with van der Waals surface area (Å²) in [5, 5.41) is 0.417. The fraction of sp³-hybridized carbons (Fsp3) is 0.435. The zero-order valence-electron chi connectivity index (χ0n) is 17.3. The van der Waals surface area contributed by atoms with Crippen LogP contribution < -0.4 is 9.46 Å². The Morgan fingerprint density at radius 3 is 2.77 bits per heavy atom. The van der Waals surface area contributed by atoms with Gasteiger partial charge in [0, 0.05) is 30.4 Å². The molecule has 0 unspecified atom stereocenters. The zero-order chi connectivity index (χ0) is 22.0. The first-order chi connectivity index (χ1) is 14.9. The molecular formula is C23H25ClF2N2O2S. The Labute approximate surface area is 190 Å². The number of likely N-dealkylation sites (tertiary alicyclic amines) is 1. The zero-order valence-corrected chi connectivity index (χ0v) is 18.9. The molecule has 0 aromatic heterocycles. The normalized spacial score (nSPS) is 19.3. The standard InChI is InChI=1S/C23H25ClF2N2O2S/c1-31-27-23(29)19-10-18(14-4-5-14)22(11-21(19)26)30-17-3-2-8-28(13-17)12-15-6-7-16(25)9-20(15)24/h6-7,9-11,14,17H,2-5,8,12-13H2,1H3,(H,27,29)/t17-/m1/s1. The molecule has 2 aliphatic rings. The van der Waals surface area contributed by atoms with Crippen LogP contribution in [0.2, 0.25) is 5.02 Å². The molecule has 4 rings (SSSR count). The molecule has 1 heterocycles. The fourth-order valence-corrected chi connectivity index (χ4v) is 4.55. The van der Waals surface area contributed by atoms with E-state index >= 15 is 0 Å². The van der Waals surface area contributed by atoms with Crippen molar-refractivity contribution in [1.82, 2.24) is 9.62 Å². The lowest BCUT2D eigenvalue weighted by Crippen LogP contribution is -2.40. The van der Waals surface area contributed by atoms with Gasteiger partial charge in [-0.25, -0.2) is 8.78 Å². The molecule has 0 spiro atoms. The van der Waals surface area contributed by atoms with Crippen molar-refractivity contribution in [2.45, 2.75) is 44.2 Å². The summed E-state index contributed by atoms with van der Waals surface area (Å²) >= 11 is 7.33. The lowest BCUT2D eigenvalue weighted by Gasteiger charge is -2.33. The number of rotatable bonds is 7. The Morgan fingerprint density at radius 2 is 2.06 bits per heavy atom. The maximum Gasteiger partial charge on any atom is 0.264 e. The number of hydrogen-bond acceptors (Lipinski definition) is 4. The highest BCUT2D eigenvalue weighted by Gasteiger charge is 2.31. The third kappa shape index (κ3) is 5.51. The van der Waals surface area contributed by atoms with Gasteiger partial charge in [0.05, 0.1) is 5.56 Å². The Bertz CT molecular complexity index is 971. The van der Waals surface area contributed by atoms with Crippen molar-refractivity contribution in [2.75, 3.05) is 19.3 Å². The van der Waals surface area contributed by atoms with Crippen molar-refractivity contribution in [2.24, 2.45) is 0 Å². The molecule has 1 saturated carbocycles. The molecule has 166 valence electrons. The van der Waals surface area contributed by atoms with Gasteiger partial charge in [0.25, 0.3) is 5.91 Å². The van der Waals surface area contributed by atoms with Crippen molar-refractivity contribution in [3.63, 3.8) is 0 Å². The molecule has 1 atom stereocenters.